The van der Waals surface area contributed by atoms with Gasteiger partial charge in [-0.05, 0) is 124 Å². The second-order valence-corrected chi connectivity index (χ2v) is 13.0. The summed E-state index contributed by atoms with van der Waals surface area (Å²) in [5, 5.41) is 22.3. The van der Waals surface area contributed by atoms with Gasteiger partial charge < -0.3 is 19.8 Å². The highest BCUT2D eigenvalue weighted by Gasteiger charge is 2.64. The molecule has 0 aromatic rings. The molecule has 1 amide bonds. The summed E-state index contributed by atoms with van der Waals surface area (Å²) >= 11 is 0. The molecule has 2 N–H and O–H groups in total. The molecule has 202 valence electrons. The molecule has 4 fully saturated rings. The number of fused-ring (bicyclic) bond motifs is 5. The highest BCUT2D eigenvalue weighted by Crippen LogP contribution is 2.69. The number of aliphatic hydroxyl groups excluding tert-OH is 2. The lowest BCUT2D eigenvalue weighted by Gasteiger charge is -2.64. The predicted octanol–water partition coefficient (Wildman–Crippen LogP) is 6.26. The van der Waals surface area contributed by atoms with Crippen LogP contribution in [0.15, 0.2) is 0 Å². The maximum absolute atomic E-state index is 12.1. The monoisotopic (exact) mass is 491 g/mol. The third kappa shape index (κ3) is 4.78. The van der Waals surface area contributed by atoms with Gasteiger partial charge in [-0.3, -0.25) is 0 Å². The van der Waals surface area contributed by atoms with Crippen LogP contribution in [0.2, 0.25) is 0 Å². The Morgan fingerprint density at radius 2 is 1.60 bits per heavy atom. The van der Waals surface area contributed by atoms with Crippen molar-refractivity contribution in [2.24, 2.45) is 46.3 Å². The quantitative estimate of drug-likeness (QED) is 0.393. The fourth-order valence-corrected chi connectivity index (χ4v) is 9.77. The zero-order valence-corrected chi connectivity index (χ0v) is 23.2. The average molecular weight is 492 g/mol. The summed E-state index contributed by atoms with van der Waals surface area (Å²) in [6, 6.07) is 0. The standard InChI is InChI=1S/C30H53NO4/c1-6-22-25-19-21(32)14-16-30(25,5)24-15-17-29(4)20(12-13-23(29)26(24)27(22)33)11-9-10-18-35-28(34)31(7-2)8-3/h20-27,32-33H,6-19H2,1-5H3/t20-,21+,22+,23-,24-,25-,26-,27+,29+,30+/m0/s1. The smallest absolute Gasteiger partial charge is 0.409 e. The highest BCUT2D eigenvalue weighted by molar-refractivity contribution is 5.67. The van der Waals surface area contributed by atoms with E-state index in [1.165, 1.54) is 32.1 Å². The molecule has 0 radical (unpaired) electrons. The Morgan fingerprint density at radius 3 is 2.29 bits per heavy atom. The van der Waals surface area contributed by atoms with Crippen molar-refractivity contribution in [3.05, 3.63) is 0 Å². The molecule has 0 saturated heterocycles. The minimum Gasteiger partial charge on any atom is -0.449 e. The Kier molecular flexibility index (Phi) is 8.47. The van der Waals surface area contributed by atoms with Gasteiger partial charge in [-0.25, -0.2) is 4.79 Å². The van der Waals surface area contributed by atoms with Crippen molar-refractivity contribution in [1.82, 2.24) is 4.90 Å². The van der Waals surface area contributed by atoms with Crippen molar-refractivity contribution in [2.75, 3.05) is 19.7 Å². The molecule has 0 aliphatic heterocycles. The van der Waals surface area contributed by atoms with Crippen molar-refractivity contribution in [3.63, 3.8) is 0 Å². The molecule has 0 unspecified atom stereocenters. The lowest BCUT2D eigenvalue weighted by molar-refractivity contribution is -0.202. The Labute approximate surface area is 214 Å². The van der Waals surface area contributed by atoms with E-state index in [-0.39, 0.29) is 23.7 Å². The summed E-state index contributed by atoms with van der Waals surface area (Å²) in [5.74, 6) is 3.17. The number of carbonyl (C=O) groups is 1. The van der Waals surface area contributed by atoms with Crippen LogP contribution >= 0.6 is 0 Å². The van der Waals surface area contributed by atoms with Gasteiger partial charge in [0.1, 0.15) is 0 Å². The van der Waals surface area contributed by atoms with E-state index in [0.29, 0.717) is 54.7 Å². The van der Waals surface area contributed by atoms with Gasteiger partial charge in [0.25, 0.3) is 0 Å². The van der Waals surface area contributed by atoms with E-state index in [1.807, 2.05) is 13.8 Å². The molecule has 10 atom stereocenters. The first kappa shape index (κ1) is 27.2. The van der Waals surface area contributed by atoms with Crippen LogP contribution < -0.4 is 0 Å². The van der Waals surface area contributed by atoms with Crippen LogP contribution in [0, 0.1) is 46.3 Å². The largest absolute Gasteiger partial charge is 0.449 e. The second-order valence-electron chi connectivity index (χ2n) is 13.0. The van der Waals surface area contributed by atoms with E-state index < -0.39 is 0 Å². The molecule has 4 aliphatic rings. The van der Waals surface area contributed by atoms with Gasteiger partial charge in [-0.15, -0.1) is 0 Å². The van der Waals surface area contributed by atoms with E-state index in [1.54, 1.807) is 4.90 Å². The van der Waals surface area contributed by atoms with Gasteiger partial charge in [0.2, 0.25) is 0 Å². The first-order chi connectivity index (χ1) is 16.7. The molecule has 5 heteroatoms. The lowest BCUT2D eigenvalue weighted by Crippen LogP contribution is -2.62. The molecule has 0 heterocycles. The summed E-state index contributed by atoms with van der Waals surface area (Å²) in [4.78, 5) is 13.8. The van der Waals surface area contributed by atoms with Crippen LogP contribution in [0.1, 0.15) is 105 Å². The first-order valence-corrected chi connectivity index (χ1v) is 15.0. The molecule has 4 saturated carbocycles. The Balaban J connectivity index is 1.38. The summed E-state index contributed by atoms with van der Waals surface area (Å²) in [5.41, 5.74) is 0.605. The Bertz CT molecular complexity index is 725. The average Bonchev–Trinajstić information content (AvgIpc) is 3.17. The van der Waals surface area contributed by atoms with Crippen molar-refractivity contribution in [3.8, 4) is 0 Å². The number of nitrogens with zero attached hydrogens (tertiary/aromatic N) is 1. The minimum atomic E-state index is -0.212. The fourth-order valence-electron chi connectivity index (χ4n) is 9.77. The molecule has 0 bridgehead atoms. The molecular formula is C30H53NO4. The van der Waals surface area contributed by atoms with Gasteiger partial charge in [-0.1, -0.05) is 27.2 Å². The zero-order chi connectivity index (χ0) is 25.4. The summed E-state index contributed by atoms with van der Waals surface area (Å²) < 4.78 is 5.50. The number of unbranched alkanes of at least 4 members (excludes halogenated alkanes) is 1. The van der Waals surface area contributed by atoms with Crippen molar-refractivity contribution >= 4 is 6.09 Å². The van der Waals surface area contributed by atoms with Gasteiger partial charge >= 0.3 is 6.09 Å². The van der Waals surface area contributed by atoms with Crippen molar-refractivity contribution in [2.45, 2.75) is 117 Å². The third-order valence-electron chi connectivity index (χ3n) is 11.8. The zero-order valence-electron chi connectivity index (χ0n) is 23.2. The lowest BCUT2D eigenvalue weighted by atomic mass is 9.41. The third-order valence-corrected chi connectivity index (χ3v) is 11.8. The van der Waals surface area contributed by atoms with E-state index in [9.17, 15) is 15.0 Å². The summed E-state index contributed by atoms with van der Waals surface area (Å²) in [6.07, 6.45) is 11.8. The van der Waals surface area contributed by atoms with Crippen LogP contribution in [0.5, 0.6) is 0 Å². The fraction of sp³-hybridized carbons (Fsp3) is 0.967. The van der Waals surface area contributed by atoms with Gasteiger partial charge in [0.15, 0.2) is 0 Å². The highest BCUT2D eigenvalue weighted by atomic mass is 16.6. The number of hydrogen-bond donors (Lipinski definition) is 2. The van der Waals surface area contributed by atoms with Crippen LogP contribution in [0.4, 0.5) is 4.79 Å². The number of rotatable bonds is 8. The molecular weight excluding hydrogens is 438 g/mol. The van der Waals surface area contributed by atoms with E-state index in [2.05, 4.69) is 20.8 Å². The molecule has 5 nitrogen and oxygen atoms in total. The second kappa shape index (κ2) is 10.9. The number of ether oxygens (including phenoxy) is 1. The van der Waals surface area contributed by atoms with Crippen LogP contribution in [0.3, 0.4) is 0 Å². The first-order valence-electron chi connectivity index (χ1n) is 15.0. The normalized spacial score (nSPS) is 44.8. The number of hydrogen-bond acceptors (Lipinski definition) is 4. The number of amides is 1. The van der Waals surface area contributed by atoms with Crippen LogP contribution in [0.25, 0.3) is 0 Å². The number of aliphatic hydroxyl groups is 2. The topological polar surface area (TPSA) is 70.0 Å². The van der Waals surface area contributed by atoms with Crippen molar-refractivity contribution in [1.29, 1.82) is 0 Å². The molecule has 0 aromatic carbocycles. The molecule has 4 rings (SSSR count). The molecule has 0 aromatic heterocycles. The molecule has 35 heavy (non-hydrogen) atoms. The van der Waals surface area contributed by atoms with Gasteiger partial charge in [-0.2, -0.15) is 0 Å². The van der Waals surface area contributed by atoms with E-state index in [4.69, 9.17) is 4.74 Å². The van der Waals surface area contributed by atoms with Crippen LogP contribution in [-0.2, 0) is 4.74 Å². The summed E-state index contributed by atoms with van der Waals surface area (Å²) in [7, 11) is 0. The molecule has 0 spiro atoms. The van der Waals surface area contributed by atoms with Crippen LogP contribution in [-0.4, -0.2) is 53.1 Å². The predicted molar refractivity (Wildman–Crippen MR) is 140 cm³/mol. The SMILES string of the molecule is CC[C@H]1[C@@H](O)[C@@H]2[C@H](CC[C@]3(C)[C@@H](CCCCOC(=O)N(CC)CC)CC[C@@H]23)[C@@]2(C)CC[C@@H](O)C[C@@H]12. The minimum absolute atomic E-state index is 0.179. The summed E-state index contributed by atoms with van der Waals surface area (Å²) in [6.45, 7) is 13.2. The Morgan fingerprint density at radius 1 is 0.914 bits per heavy atom. The Hall–Kier alpha value is -0.810. The van der Waals surface area contributed by atoms with E-state index >= 15 is 0 Å². The van der Waals surface area contributed by atoms with E-state index in [0.717, 1.165) is 44.4 Å². The number of carbonyl (C=O) groups excluding carboxylic acids is 1. The van der Waals surface area contributed by atoms with Gasteiger partial charge in [0, 0.05) is 13.1 Å². The maximum Gasteiger partial charge on any atom is 0.409 e. The maximum atomic E-state index is 12.1. The molecule has 4 aliphatic carbocycles. The van der Waals surface area contributed by atoms with Crippen molar-refractivity contribution < 1.29 is 19.7 Å². The van der Waals surface area contributed by atoms with Gasteiger partial charge in [0.05, 0.1) is 18.8 Å².